The molecule has 0 unspecified atom stereocenters. The highest BCUT2D eigenvalue weighted by Crippen LogP contribution is 2.27. The monoisotopic (exact) mass is 207 g/mol. The minimum atomic E-state index is 0.723. The highest BCUT2D eigenvalue weighted by molar-refractivity contribution is 7.07. The number of hydrogen-bond donors (Lipinski definition) is 0. The Balaban J connectivity index is 2.28. The van der Waals surface area contributed by atoms with E-state index in [0.717, 1.165) is 22.2 Å². The lowest BCUT2D eigenvalue weighted by Gasteiger charge is -2.04. The Hall–Kier alpha value is -1.49. The van der Waals surface area contributed by atoms with Crippen LogP contribution in [0.3, 0.4) is 0 Å². The first kappa shape index (κ1) is 9.08. The number of pyridine rings is 1. The van der Waals surface area contributed by atoms with Crippen LogP contribution in [0.4, 0.5) is 0 Å². The summed E-state index contributed by atoms with van der Waals surface area (Å²) in [4.78, 5) is 4.13. The zero-order valence-corrected chi connectivity index (χ0v) is 8.71. The molecule has 2 aromatic rings. The topological polar surface area (TPSA) is 47.9 Å². The normalized spacial score (nSPS) is 10.1. The Kier molecular flexibility index (Phi) is 2.41. The van der Waals surface area contributed by atoms with Crippen molar-refractivity contribution in [2.45, 2.75) is 13.8 Å². The summed E-state index contributed by atoms with van der Waals surface area (Å²) in [5.41, 5.74) is 1.67. The van der Waals surface area contributed by atoms with E-state index in [1.807, 2.05) is 26.0 Å². The molecule has 0 atom stereocenters. The molecule has 5 heteroatoms. The summed E-state index contributed by atoms with van der Waals surface area (Å²) in [6.45, 7) is 3.77. The molecule has 0 fully saturated rings. The van der Waals surface area contributed by atoms with Crippen LogP contribution in [0.1, 0.15) is 11.4 Å². The molecule has 4 nitrogen and oxygen atoms in total. The predicted molar refractivity (Wildman–Crippen MR) is 53.7 cm³/mol. The summed E-state index contributed by atoms with van der Waals surface area (Å²) in [5.74, 6) is 0.752. The van der Waals surface area contributed by atoms with Crippen molar-refractivity contribution in [3.8, 4) is 10.8 Å². The summed E-state index contributed by atoms with van der Waals surface area (Å²) in [6, 6.07) is 3.72. The van der Waals surface area contributed by atoms with E-state index in [-0.39, 0.29) is 0 Å². The van der Waals surface area contributed by atoms with E-state index in [1.165, 1.54) is 11.5 Å². The Labute approximate surface area is 85.7 Å². The van der Waals surface area contributed by atoms with Gasteiger partial charge in [0.15, 0.2) is 0 Å². The van der Waals surface area contributed by atoms with Crippen molar-refractivity contribution in [3.05, 3.63) is 29.7 Å². The van der Waals surface area contributed by atoms with Gasteiger partial charge in [-0.05, 0) is 26.0 Å². The summed E-state index contributed by atoms with van der Waals surface area (Å²) in [5, 5.41) is 4.59. The molecule has 0 aliphatic carbocycles. The third kappa shape index (κ3) is 1.72. The fraction of sp³-hybridized carbons (Fsp3) is 0.222. The van der Waals surface area contributed by atoms with Crippen molar-refractivity contribution in [2.24, 2.45) is 0 Å². The smallest absolute Gasteiger partial charge is 0.223 e. The number of aryl methyl sites for hydroxylation is 2. The molecule has 0 aromatic carbocycles. The van der Waals surface area contributed by atoms with E-state index in [2.05, 4.69) is 14.6 Å². The van der Waals surface area contributed by atoms with Crippen molar-refractivity contribution >= 4 is 11.5 Å². The molecule has 0 amide bonds. The summed E-state index contributed by atoms with van der Waals surface area (Å²) >= 11 is 1.24. The first-order valence-corrected chi connectivity index (χ1v) is 4.93. The summed E-state index contributed by atoms with van der Waals surface area (Å²) < 4.78 is 9.40. The number of rotatable bonds is 2. The van der Waals surface area contributed by atoms with Crippen LogP contribution >= 0.6 is 11.5 Å². The molecule has 0 radical (unpaired) electrons. The van der Waals surface area contributed by atoms with E-state index in [9.17, 15) is 0 Å². The number of hydrogen-bond acceptors (Lipinski definition) is 5. The van der Waals surface area contributed by atoms with Gasteiger partial charge < -0.3 is 4.74 Å². The van der Waals surface area contributed by atoms with Gasteiger partial charge in [0.1, 0.15) is 11.4 Å². The highest BCUT2D eigenvalue weighted by Gasteiger charge is 2.07. The van der Waals surface area contributed by atoms with Crippen molar-refractivity contribution in [3.63, 3.8) is 0 Å². The van der Waals surface area contributed by atoms with Gasteiger partial charge in [0.2, 0.25) is 5.06 Å². The van der Waals surface area contributed by atoms with Crippen LogP contribution in [-0.2, 0) is 0 Å². The van der Waals surface area contributed by atoms with Crippen LogP contribution in [0.15, 0.2) is 18.3 Å². The van der Waals surface area contributed by atoms with Gasteiger partial charge in [0, 0.05) is 17.7 Å². The Bertz CT molecular complexity index is 441. The van der Waals surface area contributed by atoms with Gasteiger partial charge in [-0.2, -0.15) is 0 Å². The lowest BCUT2D eigenvalue weighted by Crippen LogP contribution is -1.89. The molecule has 0 bridgehead atoms. The molecule has 2 rings (SSSR count). The maximum Gasteiger partial charge on any atom is 0.223 e. The molecular weight excluding hydrogens is 198 g/mol. The van der Waals surface area contributed by atoms with Gasteiger partial charge in [-0.3, -0.25) is 4.98 Å². The van der Waals surface area contributed by atoms with E-state index >= 15 is 0 Å². The van der Waals surface area contributed by atoms with E-state index in [1.54, 1.807) is 6.20 Å². The van der Waals surface area contributed by atoms with Crippen LogP contribution in [0.25, 0.3) is 0 Å². The van der Waals surface area contributed by atoms with Gasteiger partial charge in [-0.1, -0.05) is 4.49 Å². The standard InChI is InChI=1S/C9H9N3OS/c1-6-8(4-3-5-10-6)13-9-7(2)11-12-14-9/h3-5H,1-2H3. The van der Waals surface area contributed by atoms with Crippen LogP contribution < -0.4 is 4.74 Å². The van der Waals surface area contributed by atoms with Crippen LogP contribution in [0.5, 0.6) is 10.8 Å². The lowest BCUT2D eigenvalue weighted by atomic mass is 10.3. The Morgan fingerprint density at radius 2 is 2.14 bits per heavy atom. The maximum absolute atomic E-state index is 5.61. The SMILES string of the molecule is Cc1ncccc1Oc1snnc1C. The second kappa shape index (κ2) is 3.71. The van der Waals surface area contributed by atoms with Crippen molar-refractivity contribution in [1.82, 2.24) is 14.6 Å². The van der Waals surface area contributed by atoms with Crippen LogP contribution in [0.2, 0.25) is 0 Å². The molecule has 0 aliphatic rings. The molecule has 2 aromatic heterocycles. The van der Waals surface area contributed by atoms with Crippen molar-refractivity contribution in [2.75, 3.05) is 0 Å². The molecule has 0 spiro atoms. The van der Waals surface area contributed by atoms with Gasteiger partial charge in [-0.25, -0.2) is 0 Å². The molecule has 0 saturated heterocycles. The molecule has 14 heavy (non-hydrogen) atoms. The molecule has 72 valence electrons. The van der Waals surface area contributed by atoms with Crippen molar-refractivity contribution in [1.29, 1.82) is 0 Å². The van der Waals surface area contributed by atoms with Crippen LogP contribution in [-0.4, -0.2) is 14.6 Å². The summed E-state index contributed by atoms with van der Waals surface area (Å²) in [7, 11) is 0. The van der Waals surface area contributed by atoms with Gasteiger partial charge in [-0.15, -0.1) is 5.10 Å². The zero-order valence-electron chi connectivity index (χ0n) is 7.89. The second-order valence-corrected chi connectivity index (χ2v) is 3.55. The van der Waals surface area contributed by atoms with Gasteiger partial charge in [0.05, 0.1) is 5.69 Å². The van der Waals surface area contributed by atoms with Crippen LogP contribution in [0, 0.1) is 13.8 Å². The molecule has 0 saturated carbocycles. The number of ether oxygens (including phenoxy) is 1. The molecule has 0 aliphatic heterocycles. The highest BCUT2D eigenvalue weighted by atomic mass is 32.1. The first-order chi connectivity index (χ1) is 6.77. The van der Waals surface area contributed by atoms with E-state index in [0.29, 0.717) is 0 Å². The first-order valence-electron chi connectivity index (χ1n) is 4.16. The quantitative estimate of drug-likeness (QED) is 0.758. The average molecular weight is 207 g/mol. The summed E-state index contributed by atoms with van der Waals surface area (Å²) in [6.07, 6.45) is 1.74. The molecule has 0 N–H and O–H groups in total. The number of aromatic nitrogens is 3. The fourth-order valence-corrected chi connectivity index (χ4v) is 1.53. The minimum absolute atomic E-state index is 0.723. The Morgan fingerprint density at radius 3 is 2.79 bits per heavy atom. The van der Waals surface area contributed by atoms with E-state index in [4.69, 9.17) is 4.74 Å². The molecule has 2 heterocycles. The third-order valence-electron chi connectivity index (χ3n) is 1.77. The van der Waals surface area contributed by atoms with Gasteiger partial charge >= 0.3 is 0 Å². The Morgan fingerprint density at radius 1 is 1.29 bits per heavy atom. The largest absolute Gasteiger partial charge is 0.441 e. The van der Waals surface area contributed by atoms with Gasteiger partial charge in [0.25, 0.3) is 0 Å². The molecular formula is C9H9N3OS. The fourth-order valence-electron chi connectivity index (χ4n) is 0.995. The average Bonchev–Trinajstić information content (AvgIpc) is 2.56. The van der Waals surface area contributed by atoms with Crippen molar-refractivity contribution < 1.29 is 4.74 Å². The minimum Gasteiger partial charge on any atom is -0.441 e. The zero-order chi connectivity index (χ0) is 9.97. The number of nitrogens with zero attached hydrogens (tertiary/aromatic N) is 3. The third-order valence-corrected chi connectivity index (χ3v) is 2.48. The maximum atomic E-state index is 5.61. The second-order valence-electron chi connectivity index (χ2n) is 2.83. The van der Waals surface area contributed by atoms with E-state index < -0.39 is 0 Å². The lowest BCUT2D eigenvalue weighted by molar-refractivity contribution is 0.484. The predicted octanol–water partition coefficient (Wildman–Crippen LogP) is 2.34.